The quantitative estimate of drug-likeness (QED) is 0.788. The van der Waals surface area contributed by atoms with Crippen LogP contribution in [-0.4, -0.2) is 21.0 Å². The lowest BCUT2D eigenvalue weighted by molar-refractivity contribution is 0.0699. The Labute approximate surface area is 128 Å². The minimum absolute atomic E-state index is 0.266. The summed E-state index contributed by atoms with van der Waals surface area (Å²) in [5.41, 5.74) is 3.50. The lowest BCUT2D eigenvalue weighted by Gasteiger charge is -2.12. The van der Waals surface area contributed by atoms with Crippen LogP contribution in [0.3, 0.4) is 0 Å². The second kappa shape index (κ2) is 5.56. The number of nitrogens with zero attached hydrogens (tertiary/aromatic N) is 2. The smallest absolute Gasteiger partial charge is 0.336 e. The molecule has 0 aliphatic carbocycles. The first-order valence-corrected chi connectivity index (χ1v) is 7.15. The van der Waals surface area contributed by atoms with Gasteiger partial charge in [-0.15, -0.1) is 0 Å². The molecule has 0 radical (unpaired) electrons. The van der Waals surface area contributed by atoms with Crippen LogP contribution in [0.15, 0.2) is 48.8 Å². The highest BCUT2D eigenvalue weighted by Crippen LogP contribution is 2.29. The topological polar surface area (TPSA) is 63.1 Å². The predicted molar refractivity (Wildman–Crippen MR) is 86.0 cm³/mol. The van der Waals surface area contributed by atoms with Crippen LogP contribution < -0.4 is 0 Å². The van der Waals surface area contributed by atoms with E-state index in [1.807, 2.05) is 30.3 Å². The van der Waals surface area contributed by atoms with Crippen molar-refractivity contribution in [1.29, 1.82) is 0 Å². The number of benzene rings is 1. The SMILES string of the molecule is CC(C)c1cccc2c(C(=O)O)cc(-c3cccnc3)nc12. The van der Waals surface area contributed by atoms with E-state index < -0.39 is 5.97 Å². The maximum Gasteiger partial charge on any atom is 0.336 e. The second-order valence-corrected chi connectivity index (χ2v) is 5.50. The van der Waals surface area contributed by atoms with E-state index in [1.54, 1.807) is 18.5 Å². The molecule has 0 saturated carbocycles. The first-order chi connectivity index (χ1) is 10.6. The van der Waals surface area contributed by atoms with E-state index >= 15 is 0 Å². The molecule has 0 spiro atoms. The number of carboxylic acids is 1. The molecule has 0 aliphatic rings. The van der Waals surface area contributed by atoms with E-state index in [4.69, 9.17) is 4.98 Å². The number of hydrogen-bond acceptors (Lipinski definition) is 3. The van der Waals surface area contributed by atoms with Crippen molar-refractivity contribution in [2.75, 3.05) is 0 Å². The Bertz CT molecular complexity index is 842. The summed E-state index contributed by atoms with van der Waals surface area (Å²) >= 11 is 0. The summed E-state index contributed by atoms with van der Waals surface area (Å²) in [6, 6.07) is 11.0. The second-order valence-electron chi connectivity index (χ2n) is 5.50. The van der Waals surface area contributed by atoms with Crippen molar-refractivity contribution in [3.8, 4) is 11.3 Å². The molecule has 1 aromatic carbocycles. The van der Waals surface area contributed by atoms with E-state index in [0.29, 0.717) is 11.1 Å². The molecule has 4 nitrogen and oxygen atoms in total. The van der Waals surface area contributed by atoms with Gasteiger partial charge in [-0.05, 0) is 29.7 Å². The van der Waals surface area contributed by atoms with Gasteiger partial charge in [0.25, 0.3) is 0 Å². The van der Waals surface area contributed by atoms with Gasteiger partial charge in [0, 0.05) is 23.3 Å². The average Bonchev–Trinajstić information content (AvgIpc) is 2.53. The van der Waals surface area contributed by atoms with Gasteiger partial charge in [0.2, 0.25) is 0 Å². The molecule has 1 N–H and O–H groups in total. The van der Waals surface area contributed by atoms with Crippen molar-refractivity contribution in [1.82, 2.24) is 9.97 Å². The number of fused-ring (bicyclic) bond motifs is 1. The van der Waals surface area contributed by atoms with Crippen LogP contribution in [0.25, 0.3) is 22.2 Å². The highest BCUT2D eigenvalue weighted by Gasteiger charge is 2.16. The Morgan fingerprint density at radius 2 is 2.00 bits per heavy atom. The summed E-state index contributed by atoms with van der Waals surface area (Å²) in [6.07, 6.45) is 3.37. The fourth-order valence-electron chi connectivity index (χ4n) is 2.58. The molecule has 4 heteroatoms. The highest BCUT2D eigenvalue weighted by atomic mass is 16.4. The van der Waals surface area contributed by atoms with Crippen molar-refractivity contribution in [3.63, 3.8) is 0 Å². The average molecular weight is 292 g/mol. The molecule has 3 rings (SSSR count). The largest absolute Gasteiger partial charge is 0.478 e. The molecule has 0 aliphatic heterocycles. The van der Waals surface area contributed by atoms with Gasteiger partial charge in [0.1, 0.15) is 0 Å². The van der Waals surface area contributed by atoms with Crippen LogP contribution >= 0.6 is 0 Å². The molecule has 0 bridgehead atoms. The summed E-state index contributed by atoms with van der Waals surface area (Å²) in [6.45, 7) is 4.15. The summed E-state index contributed by atoms with van der Waals surface area (Å²) in [4.78, 5) is 20.4. The van der Waals surface area contributed by atoms with Gasteiger partial charge < -0.3 is 5.11 Å². The Balaban J connectivity index is 2.37. The van der Waals surface area contributed by atoms with Gasteiger partial charge in [-0.3, -0.25) is 4.98 Å². The van der Waals surface area contributed by atoms with Crippen molar-refractivity contribution in [3.05, 3.63) is 59.9 Å². The molecule has 2 heterocycles. The van der Waals surface area contributed by atoms with Crippen LogP contribution in [0.1, 0.15) is 35.7 Å². The third-order valence-corrected chi connectivity index (χ3v) is 3.68. The van der Waals surface area contributed by atoms with Gasteiger partial charge in [-0.2, -0.15) is 0 Å². The molecule has 0 fully saturated rings. The Hall–Kier alpha value is -2.75. The minimum atomic E-state index is -0.946. The zero-order valence-electron chi connectivity index (χ0n) is 12.4. The van der Waals surface area contributed by atoms with Crippen LogP contribution in [0.5, 0.6) is 0 Å². The molecular weight excluding hydrogens is 276 g/mol. The third kappa shape index (κ3) is 2.44. The van der Waals surface area contributed by atoms with Crippen LogP contribution in [0.2, 0.25) is 0 Å². The van der Waals surface area contributed by atoms with E-state index in [9.17, 15) is 9.90 Å². The van der Waals surface area contributed by atoms with Gasteiger partial charge in [-0.25, -0.2) is 9.78 Å². The predicted octanol–water partition coefficient (Wildman–Crippen LogP) is 4.12. The number of para-hydroxylation sites is 1. The van der Waals surface area contributed by atoms with Crippen molar-refractivity contribution in [2.45, 2.75) is 19.8 Å². The first-order valence-electron chi connectivity index (χ1n) is 7.15. The Kier molecular flexibility index (Phi) is 3.59. The lowest BCUT2D eigenvalue weighted by Crippen LogP contribution is -2.02. The summed E-state index contributed by atoms with van der Waals surface area (Å²) in [7, 11) is 0. The molecule has 0 saturated heterocycles. The van der Waals surface area contributed by atoms with Gasteiger partial charge in [-0.1, -0.05) is 32.0 Å². The maximum atomic E-state index is 11.6. The zero-order chi connectivity index (χ0) is 15.7. The number of rotatable bonds is 3. The van der Waals surface area contributed by atoms with Crippen LogP contribution in [-0.2, 0) is 0 Å². The van der Waals surface area contributed by atoms with E-state index in [0.717, 1.165) is 16.6 Å². The van der Waals surface area contributed by atoms with E-state index in [1.165, 1.54) is 0 Å². The van der Waals surface area contributed by atoms with Gasteiger partial charge >= 0.3 is 5.97 Å². The van der Waals surface area contributed by atoms with Gasteiger partial charge in [0.15, 0.2) is 0 Å². The normalized spacial score (nSPS) is 11.0. The van der Waals surface area contributed by atoms with E-state index in [-0.39, 0.29) is 11.5 Å². The molecule has 0 unspecified atom stereocenters. The summed E-state index contributed by atoms with van der Waals surface area (Å²) in [5, 5.41) is 10.2. The lowest BCUT2D eigenvalue weighted by atomic mass is 9.96. The van der Waals surface area contributed by atoms with Crippen LogP contribution in [0.4, 0.5) is 0 Å². The molecule has 110 valence electrons. The molecular formula is C18H16N2O2. The fourth-order valence-corrected chi connectivity index (χ4v) is 2.58. The van der Waals surface area contributed by atoms with Crippen molar-refractivity contribution >= 4 is 16.9 Å². The van der Waals surface area contributed by atoms with Gasteiger partial charge in [0.05, 0.1) is 16.8 Å². The fraction of sp³-hybridized carbons (Fsp3) is 0.167. The van der Waals surface area contributed by atoms with Crippen LogP contribution in [0, 0.1) is 0 Å². The minimum Gasteiger partial charge on any atom is -0.478 e. The molecule has 0 atom stereocenters. The summed E-state index contributed by atoms with van der Waals surface area (Å²) in [5.74, 6) is -0.680. The monoisotopic (exact) mass is 292 g/mol. The number of aromatic nitrogens is 2. The summed E-state index contributed by atoms with van der Waals surface area (Å²) < 4.78 is 0. The Morgan fingerprint density at radius 3 is 2.64 bits per heavy atom. The molecule has 0 amide bonds. The molecule has 22 heavy (non-hydrogen) atoms. The number of carboxylic acid groups (broad SMARTS) is 1. The van der Waals surface area contributed by atoms with Crippen molar-refractivity contribution in [2.24, 2.45) is 0 Å². The maximum absolute atomic E-state index is 11.6. The molecule has 3 aromatic rings. The number of pyridine rings is 2. The zero-order valence-corrected chi connectivity index (χ0v) is 12.4. The molecule has 2 aromatic heterocycles. The number of carbonyl (C=O) groups is 1. The standard InChI is InChI=1S/C18H16N2O2/c1-11(2)13-6-3-7-14-15(18(21)22)9-16(20-17(13)14)12-5-4-8-19-10-12/h3-11H,1-2H3,(H,21,22). The number of hydrogen-bond donors (Lipinski definition) is 1. The number of aromatic carboxylic acids is 1. The third-order valence-electron chi connectivity index (χ3n) is 3.68. The first kappa shape index (κ1) is 14.2. The highest BCUT2D eigenvalue weighted by molar-refractivity contribution is 6.04. The Morgan fingerprint density at radius 1 is 1.18 bits per heavy atom. The van der Waals surface area contributed by atoms with Crippen molar-refractivity contribution < 1.29 is 9.90 Å². The van der Waals surface area contributed by atoms with E-state index in [2.05, 4.69) is 18.8 Å².